The molecule has 0 unspecified atom stereocenters. The number of methoxy groups -OCH3 is 1. The summed E-state index contributed by atoms with van der Waals surface area (Å²) >= 11 is 2.15. The summed E-state index contributed by atoms with van der Waals surface area (Å²) in [5.74, 6) is 0.437. The summed E-state index contributed by atoms with van der Waals surface area (Å²) in [6.45, 7) is 0. The number of benzene rings is 1. The Morgan fingerprint density at radius 3 is 2.25 bits per heavy atom. The van der Waals surface area contributed by atoms with E-state index in [2.05, 4.69) is 21.2 Å². The van der Waals surface area contributed by atoms with Gasteiger partial charge >= 0.3 is 0 Å². The molecule has 0 heterocycles. The number of hydrogen-bond donors (Lipinski definition) is 0. The van der Waals surface area contributed by atoms with Crippen molar-refractivity contribution in [1.29, 1.82) is 0 Å². The summed E-state index contributed by atoms with van der Waals surface area (Å²) in [5, 5.41) is 0. The Morgan fingerprint density at radius 2 is 1.94 bits per heavy atom. The van der Waals surface area contributed by atoms with E-state index in [0.717, 1.165) is 0 Å². The monoisotopic (exact) mass is 356 g/mol. The first-order valence-corrected chi connectivity index (χ1v) is 8.28. The predicted octanol–water partition coefficient (Wildman–Crippen LogP) is 4.39. The van der Waals surface area contributed by atoms with E-state index in [0.29, 0.717) is 11.9 Å². The van der Waals surface area contributed by atoms with Gasteiger partial charge in [-0.15, -0.1) is 0 Å². The molecule has 0 radical (unpaired) electrons. The van der Waals surface area contributed by atoms with Crippen LogP contribution in [0.1, 0.15) is 19.3 Å². The molecule has 1 aromatic rings. The van der Waals surface area contributed by atoms with Gasteiger partial charge in [0.2, 0.25) is 0 Å². The summed E-state index contributed by atoms with van der Waals surface area (Å²) in [6, 6.07) is 5.88. The molecule has 0 spiro atoms. The van der Waals surface area contributed by atoms with E-state index in [9.17, 15) is 4.39 Å². The smallest absolute Gasteiger partial charge is 0.123 e. The van der Waals surface area contributed by atoms with Crippen molar-refractivity contribution in [2.75, 3.05) is 7.11 Å². The van der Waals surface area contributed by atoms with E-state index in [-0.39, 0.29) is 5.82 Å². The van der Waals surface area contributed by atoms with E-state index < -0.39 is 0 Å². The first-order valence-electron chi connectivity index (χ1n) is 5.00. The molecule has 1 fully saturated rings. The number of hydrogen-bond acceptors (Lipinski definition) is 3. The van der Waals surface area contributed by atoms with Crippen LogP contribution in [0.15, 0.2) is 24.3 Å². The molecule has 0 saturated heterocycles. The van der Waals surface area contributed by atoms with Gasteiger partial charge in [-0.1, -0.05) is 0 Å². The minimum atomic E-state index is -0.240. The van der Waals surface area contributed by atoms with Crippen molar-refractivity contribution in [1.82, 2.24) is 0 Å². The van der Waals surface area contributed by atoms with Crippen molar-refractivity contribution < 1.29 is 13.3 Å². The van der Waals surface area contributed by atoms with Crippen LogP contribution in [0.4, 0.5) is 4.39 Å². The Morgan fingerprint density at radius 1 is 1.31 bits per heavy atom. The van der Waals surface area contributed by atoms with Gasteiger partial charge in [0.1, 0.15) is 11.6 Å². The topological polar surface area (TPSA) is 18.5 Å². The van der Waals surface area contributed by atoms with Gasteiger partial charge in [-0.25, -0.2) is 4.39 Å². The van der Waals surface area contributed by atoms with Crippen molar-refractivity contribution in [3.8, 4) is 5.75 Å². The van der Waals surface area contributed by atoms with Gasteiger partial charge in [0.05, 0.1) is 22.4 Å². The van der Waals surface area contributed by atoms with Crippen molar-refractivity contribution in [2.24, 2.45) is 0 Å². The van der Waals surface area contributed by atoms with Gasteiger partial charge in [-0.05, 0) is 43.5 Å². The van der Waals surface area contributed by atoms with Crippen LogP contribution in [0.25, 0.3) is 0 Å². The lowest BCUT2D eigenvalue weighted by Gasteiger charge is -2.22. The highest BCUT2D eigenvalue weighted by atomic mass is 127. The normalized spacial score (nSPS) is 14.7. The third-order valence-corrected chi connectivity index (χ3v) is 3.24. The molecule has 0 N–H and O–H groups in total. The predicted molar refractivity (Wildman–Crippen MR) is 73.3 cm³/mol. The zero-order valence-corrected chi connectivity index (χ0v) is 12.0. The first kappa shape index (κ1) is 14.1. The average Bonchev–Trinajstić information content (AvgIpc) is 2.26. The third-order valence-electron chi connectivity index (χ3n) is 2.27. The fourth-order valence-electron chi connectivity index (χ4n) is 1.09. The van der Waals surface area contributed by atoms with Gasteiger partial charge in [-0.3, -0.25) is 0 Å². The van der Waals surface area contributed by atoms with Crippen molar-refractivity contribution in [3.05, 3.63) is 30.1 Å². The van der Waals surface area contributed by atoms with E-state index in [1.165, 1.54) is 40.6 Å². The van der Waals surface area contributed by atoms with Crippen molar-refractivity contribution in [3.63, 3.8) is 0 Å². The summed E-state index contributed by atoms with van der Waals surface area (Å²) in [7, 11) is 3.00. The molecule has 1 aliphatic carbocycles. The quantitative estimate of drug-likeness (QED) is 0.591. The van der Waals surface area contributed by atoms with E-state index in [4.69, 9.17) is 8.92 Å². The minimum Gasteiger partial charge on any atom is -0.497 e. The summed E-state index contributed by atoms with van der Waals surface area (Å²) in [6.07, 6.45) is 4.50. The molecule has 16 heavy (non-hydrogen) atoms. The van der Waals surface area contributed by atoms with Crippen LogP contribution in [-0.4, -0.2) is 13.2 Å². The highest BCUT2D eigenvalue weighted by molar-refractivity contribution is 14.2. The molecule has 1 aromatic carbocycles. The van der Waals surface area contributed by atoms with Gasteiger partial charge in [0, 0.05) is 21.2 Å². The van der Waals surface area contributed by atoms with Crippen LogP contribution >= 0.6 is 30.4 Å². The summed E-state index contributed by atoms with van der Waals surface area (Å²) in [5.41, 5.74) is 0. The Hall–Kier alpha value is -0.0100. The van der Waals surface area contributed by atoms with Crippen LogP contribution in [0.3, 0.4) is 0 Å². The molecule has 2 nitrogen and oxygen atoms in total. The summed E-state index contributed by atoms with van der Waals surface area (Å²) in [4.78, 5) is 0. The highest BCUT2D eigenvalue weighted by Crippen LogP contribution is 2.28. The lowest BCUT2D eigenvalue weighted by molar-refractivity contribution is 0.151. The molecule has 90 valence electrons. The maximum atomic E-state index is 12.2. The standard InChI is InChI=1S/C7H7FO.C4H7IOS/c1-9-7-4-2-6(8)3-5-7;5-7-6-4-2-1-3-4/h2-5H,1H3;4H,1-3H2. The Kier molecular flexibility index (Phi) is 7.15. The molecular weight excluding hydrogens is 342 g/mol. The molecule has 0 aromatic heterocycles. The van der Waals surface area contributed by atoms with Crippen LogP contribution in [0.5, 0.6) is 5.75 Å². The number of ether oxygens (including phenoxy) is 1. The van der Waals surface area contributed by atoms with E-state index in [1.807, 2.05) is 0 Å². The zero-order chi connectivity index (χ0) is 11.8. The van der Waals surface area contributed by atoms with Crippen LogP contribution in [0, 0.1) is 5.82 Å². The average molecular weight is 356 g/mol. The van der Waals surface area contributed by atoms with E-state index in [1.54, 1.807) is 19.2 Å². The zero-order valence-electron chi connectivity index (χ0n) is 8.99. The Bertz CT molecular complexity index is 291. The lowest BCUT2D eigenvalue weighted by Crippen LogP contribution is -2.17. The molecule has 0 amide bonds. The van der Waals surface area contributed by atoms with Crippen molar-refractivity contribution >= 4 is 30.4 Å². The van der Waals surface area contributed by atoms with Gasteiger partial charge in [0.25, 0.3) is 0 Å². The first-order chi connectivity index (χ1) is 7.76. The second-order valence-corrected chi connectivity index (χ2v) is 4.77. The fourth-order valence-corrected chi connectivity index (χ4v) is 2.27. The van der Waals surface area contributed by atoms with Crippen LogP contribution in [0.2, 0.25) is 0 Å². The molecule has 0 aliphatic heterocycles. The largest absolute Gasteiger partial charge is 0.497 e. The molecule has 0 bridgehead atoms. The second-order valence-electron chi connectivity index (χ2n) is 3.37. The minimum absolute atomic E-state index is 0.240. The second kappa shape index (κ2) is 8.14. The molecular formula is C11H14FIO2S. The van der Waals surface area contributed by atoms with Gasteiger partial charge < -0.3 is 8.92 Å². The Labute approximate surface area is 112 Å². The molecule has 0 atom stereocenters. The molecule has 1 aliphatic rings. The van der Waals surface area contributed by atoms with Crippen molar-refractivity contribution in [2.45, 2.75) is 25.4 Å². The SMILES string of the molecule is COc1ccc(F)cc1.ISOC1CCC1. The number of halogens is 2. The fraction of sp³-hybridized carbons (Fsp3) is 0.455. The van der Waals surface area contributed by atoms with Gasteiger partial charge in [-0.2, -0.15) is 0 Å². The third kappa shape index (κ3) is 5.36. The van der Waals surface area contributed by atoms with E-state index >= 15 is 0 Å². The molecule has 2 rings (SSSR count). The van der Waals surface area contributed by atoms with Crippen LogP contribution < -0.4 is 4.74 Å². The van der Waals surface area contributed by atoms with Gasteiger partial charge in [0.15, 0.2) is 0 Å². The molecule has 1 saturated carbocycles. The maximum Gasteiger partial charge on any atom is 0.123 e. The Balaban J connectivity index is 0.000000165. The molecule has 5 heteroatoms. The van der Waals surface area contributed by atoms with Crippen LogP contribution in [-0.2, 0) is 4.18 Å². The lowest BCUT2D eigenvalue weighted by atomic mass is 9.97. The highest BCUT2D eigenvalue weighted by Gasteiger charge is 2.17. The number of rotatable bonds is 3. The summed E-state index contributed by atoms with van der Waals surface area (Å²) < 4.78 is 22.2. The maximum absolute atomic E-state index is 12.2.